The highest BCUT2D eigenvalue weighted by atomic mass is 35.5. The van der Waals surface area contributed by atoms with Crippen molar-refractivity contribution < 1.29 is 29.6 Å². The molecule has 1 saturated heterocycles. The van der Waals surface area contributed by atoms with Crippen molar-refractivity contribution in [3.05, 3.63) is 4.91 Å². The van der Waals surface area contributed by atoms with E-state index in [1.165, 1.54) is 7.11 Å². The summed E-state index contributed by atoms with van der Waals surface area (Å²) in [5.41, 5.74) is 0. The first-order valence-electron chi connectivity index (χ1n) is 6.38. The standard InChI is InChI=1S/C11H19ClN2O7/c1-20-11-10(18)9(17)8(16)6(21-11)2-3-7(15)14(13-19)5-4-12/h6,8-11,16-18H,2-5H2,1H3/t6?,8-,9-,10?,11+/m0/s1. The number of nitroso groups, excluding NO2 is 1. The van der Waals surface area contributed by atoms with Gasteiger partial charge in [-0.05, 0) is 6.42 Å². The fourth-order valence-corrected chi connectivity index (χ4v) is 2.20. The Balaban J connectivity index is 2.57. The van der Waals surface area contributed by atoms with Gasteiger partial charge in [0.25, 0.3) is 0 Å². The minimum Gasteiger partial charge on any atom is -0.388 e. The van der Waals surface area contributed by atoms with Crippen molar-refractivity contribution >= 4 is 17.5 Å². The molecular weight excluding hydrogens is 308 g/mol. The number of amides is 1. The van der Waals surface area contributed by atoms with Crippen LogP contribution in [0.25, 0.3) is 0 Å². The SMILES string of the molecule is CO[C@@H]1OC(CCC(=O)N(CCCl)N=O)[C@H](O)[C@H](O)C1O. The van der Waals surface area contributed by atoms with E-state index in [-0.39, 0.29) is 25.3 Å². The number of aliphatic hydroxyl groups excluding tert-OH is 3. The average Bonchev–Trinajstić information content (AvgIpc) is 2.49. The predicted octanol–water partition coefficient (Wildman–Crippen LogP) is -1.03. The van der Waals surface area contributed by atoms with E-state index in [2.05, 4.69) is 5.29 Å². The molecular formula is C11H19ClN2O7. The highest BCUT2D eigenvalue weighted by Crippen LogP contribution is 2.24. The molecule has 0 bridgehead atoms. The van der Waals surface area contributed by atoms with Crippen molar-refractivity contribution in [2.75, 3.05) is 19.5 Å². The van der Waals surface area contributed by atoms with Gasteiger partial charge in [-0.1, -0.05) is 0 Å². The van der Waals surface area contributed by atoms with Crippen molar-refractivity contribution in [2.45, 2.75) is 43.5 Å². The van der Waals surface area contributed by atoms with Crippen LogP contribution in [0.15, 0.2) is 5.29 Å². The van der Waals surface area contributed by atoms with Crippen LogP contribution in [0, 0.1) is 4.91 Å². The number of alkyl halides is 1. The molecule has 10 heteroatoms. The molecule has 0 spiro atoms. The first-order valence-corrected chi connectivity index (χ1v) is 6.91. The molecule has 1 rings (SSSR count). The van der Waals surface area contributed by atoms with Crippen LogP contribution in [-0.2, 0) is 14.3 Å². The van der Waals surface area contributed by atoms with Crippen molar-refractivity contribution in [3.8, 4) is 0 Å². The maximum atomic E-state index is 11.7. The van der Waals surface area contributed by atoms with E-state index in [1.54, 1.807) is 0 Å². The number of hydrogen-bond acceptors (Lipinski definition) is 8. The van der Waals surface area contributed by atoms with Gasteiger partial charge in [0.2, 0.25) is 5.91 Å². The van der Waals surface area contributed by atoms with Crippen LogP contribution in [0.5, 0.6) is 0 Å². The monoisotopic (exact) mass is 326 g/mol. The van der Waals surface area contributed by atoms with Crippen LogP contribution in [0.2, 0.25) is 0 Å². The lowest BCUT2D eigenvalue weighted by Crippen LogP contribution is -2.58. The summed E-state index contributed by atoms with van der Waals surface area (Å²) in [6.45, 7) is -0.0139. The number of nitrogens with zero attached hydrogens (tertiary/aromatic N) is 2. The lowest BCUT2D eigenvalue weighted by Gasteiger charge is -2.39. The molecule has 0 saturated carbocycles. The van der Waals surface area contributed by atoms with Crippen molar-refractivity contribution in [2.24, 2.45) is 5.29 Å². The molecule has 0 aromatic heterocycles. The van der Waals surface area contributed by atoms with Gasteiger partial charge in [-0.3, -0.25) is 4.79 Å². The molecule has 21 heavy (non-hydrogen) atoms. The minimum atomic E-state index is -1.45. The molecule has 2 unspecified atom stereocenters. The number of carbonyl (C=O) groups excluding carboxylic acids is 1. The Morgan fingerprint density at radius 1 is 1.33 bits per heavy atom. The predicted molar refractivity (Wildman–Crippen MR) is 71.2 cm³/mol. The highest BCUT2D eigenvalue weighted by molar-refractivity contribution is 6.18. The van der Waals surface area contributed by atoms with Gasteiger partial charge in [-0.2, -0.15) is 5.01 Å². The topological polar surface area (TPSA) is 129 Å². The quantitative estimate of drug-likeness (QED) is 0.310. The summed E-state index contributed by atoms with van der Waals surface area (Å²) >= 11 is 5.43. The second-order valence-electron chi connectivity index (χ2n) is 4.58. The van der Waals surface area contributed by atoms with Crippen molar-refractivity contribution in [3.63, 3.8) is 0 Å². The lowest BCUT2D eigenvalue weighted by molar-refractivity contribution is -0.290. The third-order valence-electron chi connectivity index (χ3n) is 3.23. The summed E-state index contributed by atoms with van der Waals surface area (Å²) in [6.07, 6.45) is -6.34. The molecule has 0 aromatic carbocycles. The maximum absolute atomic E-state index is 11.7. The molecule has 1 aliphatic rings. The largest absolute Gasteiger partial charge is 0.388 e. The molecule has 9 nitrogen and oxygen atoms in total. The van der Waals surface area contributed by atoms with Crippen LogP contribution in [0.3, 0.4) is 0 Å². The minimum absolute atomic E-state index is 0.0139. The molecule has 1 heterocycles. The molecule has 1 aliphatic heterocycles. The number of ether oxygens (including phenoxy) is 2. The lowest BCUT2D eigenvalue weighted by atomic mass is 9.96. The van der Waals surface area contributed by atoms with Crippen molar-refractivity contribution in [1.82, 2.24) is 5.01 Å². The fraction of sp³-hybridized carbons (Fsp3) is 0.909. The van der Waals surface area contributed by atoms with Gasteiger partial charge in [0, 0.05) is 19.4 Å². The second-order valence-corrected chi connectivity index (χ2v) is 4.95. The molecule has 0 aromatic rings. The summed E-state index contributed by atoms with van der Waals surface area (Å²) in [5, 5.41) is 32.3. The Labute approximate surface area is 126 Å². The molecule has 1 fully saturated rings. The van der Waals surface area contributed by atoms with E-state index in [0.29, 0.717) is 5.01 Å². The highest BCUT2D eigenvalue weighted by Gasteiger charge is 2.43. The number of aliphatic hydroxyl groups is 3. The smallest absolute Gasteiger partial charge is 0.245 e. The third-order valence-corrected chi connectivity index (χ3v) is 3.40. The second kappa shape index (κ2) is 8.57. The van der Waals surface area contributed by atoms with Gasteiger partial charge in [0.1, 0.15) is 18.3 Å². The van der Waals surface area contributed by atoms with E-state index >= 15 is 0 Å². The van der Waals surface area contributed by atoms with E-state index in [4.69, 9.17) is 21.1 Å². The first kappa shape index (κ1) is 18.2. The Bertz CT molecular complexity index is 357. The van der Waals surface area contributed by atoms with Gasteiger partial charge in [0.05, 0.1) is 17.9 Å². The molecule has 0 radical (unpaired) electrons. The molecule has 5 atom stereocenters. The average molecular weight is 327 g/mol. The Morgan fingerprint density at radius 3 is 2.52 bits per heavy atom. The number of methoxy groups -OCH3 is 1. The Morgan fingerprint density at radius 2 is 2.00 bits per heavy atom. The van der Waals surface area contributed by atoms with E-state index in [9.17, 15) is 25.0 Å². The van der Waals surface area contributed by atoms with Gasteiger partial charge in [-0.15, -0.1) is 16.5 Å². The van der Waals surface area contributed by atoms with Crippen molar-refractivity contribution in [1.29, 1.82) is 0 Å². The van der Waals surface area contributed by atoms with Crippen LogP contribution in [-0.4, -0.2) is 76.5 Å². The maximum Gasteiger partial charge on any atom is 0.245 e. The number of halogens is 1. The number of carbonyl (C=O) groups is 1. The summed E-state index contributed by atoms with van der Waals surface area (Å²) < 4.78 is 10.1. The van der Waals surface area contributed by atoms with E-state index in [1.807, 2.05) is 0 Å². The van der Waals surface area contributed by atoms with E-state index in [0.717, 1.165) is 0 Å². The summed E-state index contributed by atoms with van der Waals surface area (Å²) in [4.78, 5) is 22.2. The molecule has 3 N–H and O–H groups in total. The van der Waals surface area contributed by atoms with Gasteiger partial charge < -0.3 is 24.8 Å². The van der Waals surface area contributed by atoms with Gasteiger partial charge in [-0.25, -0.2) is 0 Å². The first-order chi connectivity index (χ1) is 9.96. The normalized spacial score (nSPS) is 32.7. The third kappa shape index (κ3) is 4.56. The zero-order valence-electron chi connectivity index (χ0n) is 11.5. The van der Waals surface area contributed by atoms with Gasteiger partial charge in [0.15, 0.2) is 6.29 Å². The summed E-state index contributed by atoms with van der Waals surface area (Å²) in [7, 11) is 1.28. The number of rotatable bonds is 7. The van der Waals surface area contributed by atoms with Crippen LogP contribution < -0.4 is 0 Å². The Hall–Kier alpha value is -0.840. The fourth-order valence-electron chi connectivity index (χ4n) is 2.04. The van der Waals surface area contributed by atoms with Crippen LogP contribution in [0.4, 0.5) is 0 Å². The zero-order chi connectivity index (χ0) is 16.0. The summed E-state index contributed by atoms with van der Waals surface area (Å²) in [6, 6.07) is 0. The molecule has 1 amide bonds. The van der Waals surface area contributed by atoms with Crippen LogP contribution >= 0.6 is 11.6 Å². The van der Waals surface area contributed by atoms with E-state index < -0.39 is 36.6 Å². The van der Waals surface area contributed by atoms with Crippen LogP contribution in [0.1, 0.15) is 12.8 Å². The molecule has 0 aliphatic carbocycles. The summed E-state index contributed by atoms with van der Waals surface area (Å²) in [5.74, 6) is -0.507. The molecule has 122 valence electrons. The zero-order valence-corrected chi connectivity index (χ0v) is 12.2. The number of hydrogen-bond donors (Lipinski definition) is 3. The van der Waals surface area contributed by atoms with Gasteiger partial charge >= 0.3 is 0 Å². The Kier molecular flexibility index (Phi) is 7.43.